The van der Waals surface area contributed by atoms with Gasteiger partial charge in [-0.05, 0) is 54.6 Å². The summed E-state index contributed by atoms with van der Waals surface area (Å²) in [6.07, 6.45) is 1.77. The van der Waals surface area contributed by atoms with Crippen LogP contribution >= 0.6 is 22.9 Å². The third kappa shape index (κ3) is 6.85. The molecule has 3 heterocycles. The lowest BCUT2D eigenvalue weighted by molar-refractivity contribution is -0.141. The van der Waals surface area contributed by atoms with Crippen molar-refractivity contribution in [3.63, 3.8) is 0 Å². The molecule has 2 unspecified atom stereocenters. The van der Waals surface area contributed by atoms with Crippen molar-refractivity contribution in [3.8, 4) is 22.2 Å². The van der Waals surface area contributed by atoms with Crippen molar-refractivity contribution in [2.75, 3.05) is 13.7 Å². The summed E-state index contributed by atoms with van der Waals surface area (Å²) in [5.74, 6) is 1.41. The fourth-order valence-corrected chi connectivity index (χ4v) is 7.92. The number of ether oxygens (including phenoxy) is 3. The molecule has 3 fully saturated rings. The average molecular weight is 684 g/mol. The van der Waals surface area contributed by atoms with Crippen molar-refractivity contribution in [2.45, 2.75) is 90.5 Å². The number of hydrogen-bond acceptors (Lipinski definition) is 9. The molecule has 13 heteroatoms. The van der Waals surface area contributed by atoms with E-state index >= 15 is 0 Å². The summed E-state index contributed by atoms with van der Waals surface area (Å²) in [4.78, 5) is 50.8. The van der Waals surface area contributed by atoms with Crippen LogP contribution in [0.3, 0.4) is 0 Å². The lowest BCUT2D eigenvalue weighted by Gasteiger charge is -2.35. The molecule has 3 aliphatic rings. The Hall–Kier alpha value is -3.64. The molecule has 0 radical (unpaired) electrons. The second kappa shape index (κ2) is 12.8. The number of amides is 3. The maximum absolute atomic E-state index is 14.1. The maximum atomic E-state index is 14.1. The molecule has 2 aromatic heterocycles. The Labute approximate surface area is 283 Å². The number of nitrogens with two attached hydrogens (primary N) is 1. The summed E-state index contributed by atoms with van der Waals surface area (Å²) in [5, 5.41) is 6.49. The van der Waals surface area contributed by atoms with E-state index in [-0.39, 0.29) is 25.0 Å². The summed E-state index contributed by atoms with van der Waals surface area (Å²) in [5.41, 5.74) is 7.17. The first-order valence-electron chi connectivity index (χ1n) is 16.1. The van der Waals surface area contributed by atoms with Gasteiger partial charge in [-0.3, -0.25) is 9.59 Å². The first-order chi connectivity index (χ1) is 22.2. The summed E-state index contributed by atoms with van der Waals surface area (Å²) in [6.45, 7) is 9.80. The number of carbonyl (C=O) groups excluding carboxylic acids is 3. The first kappa shape index (κ1) is 33.3. The second-order valence-electron chi connectivity index (χ2n) is 14.3. The van der Waals surface area contributed by atoms with Crippen LogP contribution in [-0.4, -0.2) is 70.7 Å². The normalized spacial score (nSPS) is 24.3. The predicted molar refractivity (Wildman–Crippen MR) is 180 cm³/mol. The third-order valence-corrected chi connectivity index (χ3v) is 10.7. The summed E-state index contributed by atoms with van der Waals surface area (Å²) < 4.78 is 17.7. The molecule has 11 nitrogen and oxygen atoms in total. The van der Waals surface area contributed by atoms with Gasteiger partial charge < -0.3 is 30.2 Å². The molecule has 6 rings (SSSR count). The van der Waals surface area contributed by atoms with Crippen LogP contribution in [-0.2, 0) is 14.3 Å². The Morgan fingerprint density at radius 1 is 1.06 bits per heavy atom. The number of rotatable bonds is 9. The number of hydrogen-bond donors (Lipinski definition) is 2. The number of fused-ring (bicyclic) bond motifs is 2. The molecule has 1 aromatic carbocycles. The van der Waals surface area contributed by atoms with Crippen LogP contribution in [0.5, 0.6) is 11.5 Å². The summed E-state index contributed by atoms with van der Waals surface area (Å²) in [7, 11) is 1.54. The topological polar surface area (TPSA) is 146 Å². The highest BCUT2D eigenvalue weighted by atomic mass is 35.5. The number of likely N-dealkylation sites (tertiary alicyclic amines) is 1. The Balaban J connectivity index is 1.26. The van der Waals surface area contributed by atoms with Crippen molar-refractivity contribution in [1.29, 1.82) is 0 Å². The number of primary amides is 1. The highest BCUT2D eigenvalue weighted by molar-refractivity contribution is 7.13. The quantitative estimate of drug-likeness (QED) is 0.283. The number of alkyl carbamates (subject to hydrolysis) is 1. The Morgan fingerprint density at radius 3 is 2.40 bits per heavy atom. The van der Waals surface area contributed by atoms with E-state index in [2.05, 4.69) is 19.2 Å². The van der Waals surface area contributed by atoms with E-state index in [4.69, 9.17) is 41.5 Å². The van der Waals surface area contributed by atoms with Crippen LogP contribution < -0.4 is 20.5 Å². The lowest BCUT2D eigenvalue weighted by Crippen LogP contribution is -2.57. The van der Waals surface area contributed by atoms with Gasteiger partial charge in [-0.1, -0.05) is 46.2 Å². The molecule has 3 aromatic rings. The van der Waals surface area contributed by atoms with Gasteiger partial charge in [0.15, 0.2) is 0 Å². The monoisotopic (exact) mass is 683 g/mol. The van der Waals surface area contributed by atoms with Gasteiger partial charge in [0, 0.05) is 23.3 Å². The van der Waals surface area contributed by atoms with Gasteiger partial charge in [-0.15, -0.1) is 11.3 Å². The minimum Gasteiger partial charge on any atom is -0.495 e. The minimum absolute atomic E-state index is 0.0829. The number of carbonyl (C=O) groups is 3. The van der Waals surface area contributed by atoms with Crippen molar-refractivity contribution in [1.82, 2.24) is 20.2 Å². The van der Waals surface area contributed by atoms with E-state index in [9.17, 15) is 14.4 Å². The molecular weight excluding hydrogens is 642 g/mol. The van der Waals surface area contributed by atoms with Gasteiger partial charge in [-0.2, -0.15) is 0 Å². The smallest absolute Gasteiger partial charge is 0.408 e. The van der Waals surface area contributed by atoms with E-state index in [1.165, 1.54) is 29.8 Å². The molecule has 47 heavy (non-hydrogen) atoms. The number of halogens is 1. The standard InChI is InChI=1S/C34H42ClN5O6S/c1-16(2)23-15-47-31(38-23)22-13-26(21-7-8-25(44-6)27(35)28(21)37-22)45-20-12-24(30(36)41)40(14-20)32(42)29(34(3,4)5)39-33(43)46-19-10-17-9-18(17)11-19/h7-8,13,15-20,24,29H,9-12,14H2,1-6H3,(H2,36,41)(H,39,43)/t17-,18+,19?,20?,24-,29+/m0/s1. The number of nitrogens with one attached hydrogen (secondary N) is 1. The maximum Gasteiger partial charge on any atom is 0.408 e. The summed E-state index contributed by atoms with van der Waals surface area (Å²) >= 11 is 8.21. The van der Waals surface area contributed by atoms with Crippen LogP contribution in [0, 0.1) is 17.3 Å². The molecule has 0 bridgehead atoms. The van der Waals surface area contributed by atoms with Crippen molar-refractivity contribution in [2.24, 2.45) is 23.0 Å². The second-order valence-corrected chi connectivity index (χ2v) is 15.5. The molecule has 0 spiro atoms. The fourth-order valence-electron chi connectivity index (χ4n) is 6.69. The largest absolute Gasteiger partial charge is 0.495 e. The number of methoxy groups -OCH3 is 1. The number of benzene rings is 1. The molecular formula is C34H42ClN5O6S. The van der Waals surface area contributed by atoms with Crippen LogP contribution in [0.25, 0.3) is 21.6 Å². The molecule has 3 N–H and O–H groups in total. The van der Waals surface area contributed by atoms with Crippen LogP contribution in [0.2, 0.25) is 5.02 Å². The van der Waals surface area contributed by atoms with Crippen molar-refractivity contribution >= 4 is 51.7 Å². The zero-order chi connectivity index (χ0) is 33.8. The minimum atomic E-state index is -0.953. The highest BCUT2D eigenvalue weighted by Crippen LogP contribution is 2.52. The number of aromatic nitrogens is 2. The molecule has 1 aliphatic heterocycles. The number of pyridine rings is 1. The van der Waals surface area contributed by atoms with Gasteiger partial charge in [0.05, 0.1) is 24.9 Å². The molecule has 1 saturated heterocycles. The SMILES string of the molecule is COc1ccc2c(OC3C[C@@H](C(N)=O)N(C(=O)[C@@H](NC(=O)OC4C[C@@H]5C[C@@H]5C4)C(C)(C)C)C3)cc(-c3nc(C(C)C)cs3)nc2c1Cl. The molecule has 2 saturated carbocycles. The molecule has 252 valence electrons. The van der Waals surface area contributed by atoms with Gasteiger partial charge in [0.2, 0.25) is 11.8 Å². The van der Waals surface area contributed by atoms with Crippen LogP contribution in [0.1, 0.15) is 71.9 Å². The first-order valence-corrected chi connectivity index (χ1v) is 17.4. The van der Waals surface area contributed by atoms with Crippen LogP contribution in [0.15, 0.2) is 23.6 Å². The zero-order valence-electron chi connectivity index (χ0n) is 27.5. The molecule has 3 amide bonds. The number of thiazole rings is 1. The van der Waals surface area contributed by atoms with Gasteiger partial charge in [-0.25, -0.2) is 14.8 Å². The van der Waals surface area contributed by atoms with E-state index in [1.54, 1.807) is 12.1 Å². The molecule has 2 aliphatic carbocycles. The predicted octanol–water partition coefficient (Wildman–Crippen LogP) is 5.92. The van der Waals surface area contributed by atoms with Crippen molar-refractivity contribution in [3.05, 3.63) is 34.3 Å². The Bertz CT molecular complexity index is 1700. The van der Waals surface area contributed by atoms with E-state index in [0.717, 1.165) is 18.5 Å². The Morgan fingerprint density at radius 2 is 1.79 bits per heavy atom. The van der Waals surface area contributed by atoms with Crippen LogP contribution in [0.4, 0.5) is 4.79 Å². The van der Waals surface area contributed by atoms with E-state index < -0.39 is 41.5 Å². The van der Waals surface area contributed by atoms with Gasteiger partial charge >= 0.3 is 6.09 Å². The average Bonchev–Trinajstić information content (AvgIpc) is 3.39. The highest BCUT2D eigenvalue weighted by Gasteiger charge is 2.48. The van der Waals surface area contributed by atoms with Crippen molar-refractivity contribution < 1.29 is 28.6 Å². The lowest BCUT2D eigenvalue weighted by atomic mass is 9.85. The zero-order valence-corrected chi connectivity index (χ0v) is 29.1. The van der Waals surface area contributed by atoms with Gasteiger partial charge in [0.25, 0.3) is 0 Å². The van der Waals surface area contributed by atoms with E-state index in [1.807, 2.05) is 32.2 Å². The fraction of sp³-hybridized carbons (Fsp3) is 0.559. The molecule has 6 atom stereocenters. The van der Waals surface area contributed by atoms with E-state index in [0.29, 0.717) is 50.0 Å². The number of nitrogens with zero attached hydrogens (tertiary/aromatic N) is 3. The summed E-state index contributed by atoms with van der Waals surface area (Å²) in [6, 6.07) is 3.48. The third-order valence-electron chi connectivity index (χ3n) is 9.42. The van der Waals surface area contributed by atoms with Gasteiger partial charge in [0.1, 0.15) is 51.5 Å². The Kier molecular flexibility index (Phi) is 9.03.